The van der Waals surface area contributed by atoms with E-state index in [2.05, 4.69) is 35.5 Å². The number of carbonyl (C=O) groups is 3. The first-order valence-corrected chi connectivity index (χ1v) is 11.1. The minimum atomic E-state index is -1.50. The molecule has 3 aromatic rings. The molecule has 0 radical (unpaired) electrons. The van der Waals surface area contributed by atoms with Gasteiger partial charge in [-0.15, -0.1) is 0 Å². The van der Waals surface area contributed by atoms with Crippen LogP contribution in [0.2, 0.25) is 0 Å². The van der Waals surface area contributed by atoms with E-state index in [4.69, 9.17) is 4.74 Å². The number of amides is 4. The first-order chi connectivity index (χ1) is 16.4. The van der Waals surface area contributed by atoms with Gasteiger partial charge in [0.2, 0.25) is 11.8 Å². The number of urea groups is 1. The highest BCUT2D eigenvalue weighted by Crippen LogP contribution is 2.47. The molecule has 0 aliphatic carbocycles. The number of morpholine rings is 1. The van der Waals surface area contributed by atoms with E-state index in [-0.39, 0.29) is 12.5 Å². The maximum absolute atomic E-state index is 13.3. The second-order valence-electron chi connectivity index (χ2n) is 9.05. The predicted octanol–water partition coefficient (Wildman–Crippen LogP) is 1.36. The molecule has 34 heavy (non-hydrogen) atoms. The largest absolute Gasteiger partial charge is 0.372 e. The number of nitrogens with one attached hydrogen (secondary N) is 4. The number of imidazole rings is 2. The molecule has 3 atom stereocenters. The molecule has 4 N–H and O–H groups in total. The lowest BCUT2D eigenvalue weighted by Crippen LogP contribution is -2.75. The van der Waals surface area contributed by atoms with Crippen molar-refractivity contribution in [2.45, 2.75) is 38.5 Å². The van der Waals surface area contributed by atoms with Crippen LogP contribution in [0.1, 0.15) is 19.4 Å². The number of benzene rings is 1. The molecule has 5 heterocycles. The van der Waals surface area contributed by atoms with Gasteiger partial charge in [0.15, 0.2) is 11.2 Å². The summed E-state index contributed by atoms with van der Waals surface area (Å²) in [6.07, 6.45) is 4.80. The molecule has 3 aliphatic heterocycles. The zero-order chi connectivity index (χ0) is 23.6. The number of ether oxygens (including phenoxy) is 1. The molecule has 0 bridgehead atoms. The lowest BCUT2D eigenvalue weighted by Gasteiger charge is -2.55. The maximum Gasteiger partial charge on any atom is 0.328 e. The van der Waals surface area contributed by atoms with Gasteiger partial charge in [0.25, 0.3) is 0 Å². The molecule has 3 aliphatic rings. The fourth-order valence-corrected chi connectivity index (χ4v) is 5.59. The molecule has 2 fully saturated rings. The Hall–Kier alpha value is -3.99. The fraction of sp³-hybridized carbons (Fsp3) is 0.348. The van der Waals surface area contributed by atoms with E-state index in [0.717, 1.165) is 16.8 Å². The van der Waals surface area contributed by atoms with Crippen LogP contribution in [0.25, 0.3) is 22.9 Å². The Labute approximate surface area is 194 Å². The molecular weight excluding hydrogens is 438 g/mol. The van der Waals surface area contributed by atoms with Crippen molar-refractivity contribution in [1.82, 2.24) is 30.6 Å². The van der Waals surface area contributed by atoms with Gasteiger partial charge in [-0.25, -0.2) is 14.8 Å². The van der Waals surface area contributed by atoms with E-state index >= 15 is 0 Å². The van der Waals surface area contributed by atoms with E-state index < -0.39 is 35.4 Å². The van der Waals surface area contributed by atoms with Crippen molar-refractivity contribution in [2.75, 3.05) is 11.4 Å². The number of carbonyl (C=O) groups excluding carboxylic acids is 3. The standard InChI is InChI=1S/C23H23N7O4/c1-11-10-30-16-4-3-13(18-26-9-15(27-18)19-24-5-6-25-19)7-14(16)8-23(17(30)12(2)34-11)20(31)28-22(33)29-21(23)32/h3-7,9,11-12,17H,8,10H2,1-2H3,(H,24,25)(H,26,27)(H2,28,29,31,32,33)/t11-,12+,17-/m1/s1. The third-order valence-electron chi connectivity index (χ3n) is 6.90. The van der Waals surface area contributed by atoms with Crippen molar-refractivity contribution in [3.63, 3.8) is 0 Å². The molecule has 6 rings (SSSR count). The Morgan fingerprint density at radius 2 is 1.88 bits per heavy atom. The highest BCUT2D eigenvalue weighted by atomic mass is 16.5. The highest BCUT2D eigenvalue weighted by molar-refractivity contribution is 6.20. The molecule has 1 aromatic carbocycles. The molecule has 0 unspecified atom stereocenters. The minimum Gasteiger partial charge on any atom is -0.372 e. The Kier molecular flexibility index (Phi) is 4.40. The monoisotopic (exact) mass is 461 g/mol. The number of barbiturate groups is 1. The third-order valence-corrected chi connectivity index (χ3v) is 6.90. The summed E-state index contributed by atoms with van der Waals surface area (Å²) in [6, 6.07) is 4.55. The van der Waals surface area contributed by atoms with Crippen LogP contribution in [-0.2, 0) is 20.7 Å². The van der Waals surface area contributed by atoms with Crippen LogP contribution in [0.3, 0.4) is 0 Å². The number of nitrogens with zero attached hydrogens (tertiary/aromatic N) is 3. The van der Waals surface area contributed by atoms with Gasteiger partial charge in [-0.3, -0.25) is 20.2 Å². The first-order valence-electron chi connectivity index (χ1n) is 11.1. The Morgan fingerprint density at radius 3 is 2.62 bits per heavy atom. The molecular formula is C23H23N7O4. The molecule has 11 heteroatoms. The summed E-state index contributed by atoms with van der Waals surface area (Å²) < 4.78 is 6.04. The zero-order valence-electron chi connectivity index (χ0n) is 18.6. The van der Waals surface area contributed by atoms with E-state index in [9.17, 15) is 14.4 Å². The molecule has 174 valence electrons. The quantitative estimate of drug-likeness (QED) is 0.422. The Morgan fingerprint density at radius 1 is 1.09 bits per heavy atom. The topological polar surface area (TPSA) is 145 Å². The third kappa shape index (κ3) is 2.90. The van der Waals surface area contributed by atoms with Gasteiger partial charge in [0.1, 0.15) is 11.5 Å². The van der Waals surface area contributed by atoms with Gasteiger partial charge in [-0.1, -0.05) is 0 Å². The predicted molar refractivity (Wildman–Crippen MR) is 121 cm³/mol. The van der Waals surface area contributed by atoms with E-state index in [1.54, 1.807) is 18.6 Å². The van der Waals surface area contributed by atoms with Crippen LogP contribution in [-0.4, -0.2) is 62.6 Å². The number of anilines is 1. The van der Waals surface area contributed by atoms with Crippen molar-refractivity contribution in [3.05, 3.63) is 42.4 Å². The minimum absolute atomic E-state index is 0.0915. The number of rotatable bonds is 2. The lowest BCUT2D eigenvalue weighted by molar-refractivity contribution is -0.153. The van der Waals surface area contributed by atoms with Gasteiger partial charge in [-0.2, -0.15) is 0 Å². The van der Waals surface area contributed by atoms with Gasteiger partial charge in [0, 0.05) is 36.4 Å². The number of aromatic nitrogens is 4. The van der Waals surface area contributed by atoms with Crippen molar-refractivity contribution >= 4 is 23.5 Å². The summed E-state index contributed by atoms with van der Waals surface area (Å²) in [6.45, 7) is 4.34. The average Bonchev–Trinajstić information content (AvgIpc) is 3.48. The fourth-order valence-electron chi connectivity index (χ4n) is 5.59. The first kappa shape index (κ1) is 20.6. The van der Waals surface area contributed by atoms with Crippen LogP contribution in [0, 0.1) is 5.41 Å². The summed E-state index contributed by atoms with van der Waals surface area (Å²) in [4.78, 5) is 55.5. The molecule has 4 amide bonds. The average molecular weight is 461 g/mol. The number of fused-ring (bicyclic) bond motifs is 4. The number of aromatic amines is 2. The summed E-state index contributed by atoms with van der Waals surface area (Å²) >= 11 is 0. The van der Waals surface area contributed by atoms with Crippen LogP contribution in [0.5, 0.6) is 0 Å². The summed E-state index contributed by atoms with van der Waals surface area (Å²) in [5.41, 5.74) is 1.76. The molecule has 11 nitrogen and oxygen atoms in total. The van der Waals surface area contributed by atoms with Crippen molar-refractivity contribution in [1.29, 1.82) is 0 Å². The Balaban J connectivity index is 1.46. The van der Waals surface area contributed by atoms with Crippen LogP contribution < -0.4 is 15.5 Å². The normalized spacial score (nSPS) is 25.5. The van der Waals surface area contributed by atoms with Crippen molar-refractivity contribution in [3.8, 4) is 22.9 Å². The molecule has 0 saturated carbocycles. The van der Waals surface area contributed by atoms with E-state index in [0.29, 0.717) is 23.9 Å². The summed E-state index contributed by atoms with van der Waals surface area (Å²) in [5.74, 6) is 0.0893. The number of H-pyrrole nitrogens is 2. The molecule has 1 spiro atoms. The van der Waals surface area contributed by atoms with Gasteiger partial charge in [0.05, 0.1) is 18.2 Å². The molecule has 2 saturated heterocycles. The van der Waals surface area contributed by atoms with Crippen molar-refractivity contribution in [2.24, 2.45) is 5.41 Å². The summed E-state index contributed by atoms with van der Waals surface area (Å²) in [7, 11) is 0. The summed E-state index contributed by atoms with van der Waals surface area (Å²) in [5, 5.41) is 4.62. The number of imide groups is 2. The molecule has 2 aromatic heterocycles. The van der Waals surface area contributed by atoms with Gasteiger partial charge in [-0.05, 0) is 44.0 Å². The maximum atomic E-state index is 13.3. The lowest BCUT2D eigenvalue weighted by atomic mass is 9.66. The Bertz CT molecular complexity index is 1290. The second kappa shape index (κ2) is 7.26. The number of hydrogen-bond acceptors (Lipinski definition) is 7. The van der Waals surface area contributed by atoms with Crippen LogP contribution >= 0.6 is 0 Å². The number of hydrogen-bond donors (Lipinski definition) is 4. The van der Waals surface area contributed by atoms with Gasteiger partial charge < -0.3 is 19.6 Å². The van der Waals surface area contributed by atoms with Crippen LogP contribution in [0.4, 0.5) is 10.5 Å². The van der Waals surface area contributed by atoms with E-state index in [1.807, 2.05) is 32.0 Å². The zero-order valence-corrected chi connectivity index (χ0v) is 18.6. The SMILES string of the molecule is C[C@@H]1CN2c3ccc(-c4nc(-c5ncc[nH]5)c[nH]4)cc3CC3(C(=O)NC(=O)NC3=O)[C@H]2[C@H](C)O1. The van der Waals surface area contributed by atoms with Gasteiger partial charge >= 0.3 is 6.03 Å². The highest BCUT2D eigenvalue weighted by Gasteiger charge is 2.62. The van der Waals surface area contributed by atoms with Crippen molar-refractivity contribution < 1.29 is 19.1 Å². The second-order valence-corrected chi connectivity index (χ2v) is 9.05. The van der Waals surface area contributed by atoms with Crippen LogP contribution in [0.15, 0.2) is 36.8 Å². The smallest absolute Gasteiger partial charge is 0.328 e. The van der Waals surface area contributed by atoms with E-state index in [1.165, 1.54) is 0 Å².